The van der Waals surface area contributed by atoms with E-state index in [4.69, 9.17) is 0 Å². The van der Waals surface area contributed by atoms with Gasteiger partial charge in [0.2, 0.25) is 10.0 Å². The van der Waals surface area contributed by atoms with Crippen molar-refractivity contribution in [3.05, 3.63) is 66.0 Å². The van der Waals surface area contributed by atoms with E-state index in [2.05, 4.69) is 0 Å². The van der Waals surface area contributed by atoms with Crippen molar-refractivity contribution in [3.63, 3.8) is 0 Å². The molecule has 1 amide bonds. The molecule has 0 radical (unpaired) electrons. The van der Waals surface area contributed by atoms with Gasteiger partial charge in [0.1, 0.15) is 11.5 Å². The van der Waals surface area contributed by atoms with Crippen molar-refractivity contribution in [2.45, 2.75) is 44.2 Å². The number of sulfonamides is 1. The van der Waals surface area contributed by atoms with Gasteiger partial charge in [-0.05, 0) is 42.2 Å². The molecule has 1 unspecified atom stereocenters. The van der Waals surface area contributed by atoms with Gasteiger partial charge in [-0.15, -0.1) is 0 Å². The number of benzene rings is 2. The number of amides is 1. The summed E-state index contributed by atoms with van der Waals surface area (Å²) in [5, 5.41) is 20.3. The average molecular weight is 439 g/mol. The number of halogens is 1. The molecule has 0 saturated heterocycles. The lowest BCUT2D eigenvalue weighted by Gasteiger charge is -2.46. The Morgan fingerprint density at radius 3 is 2.13 bits per heavy atom. The topological polar surface area (TPSA) is 98.1 Å². The van der Waals surface area contributed by atoms with Crippen LogP contribution in [0, 0.1) is 11.7 Å². The van der Waals surface area contributed by atoms with Crippen LogP contribution in [0.4, 0.5) is 9.18 Å². The van der Waals surface area contributed by atoms with Gasteiger partial charge in [-0.25, -0.2) is 17.6 Å². The summed E-state index contributed by atoms with van der Waals surface area (Å²) in [6.45, 7) is 5.14. The second kappa shape index (κ2) is 9.55. The fourth-order valence-corrected chi connectivity index (χ4v) is 5.33. The SMILES string of the molecule is CCC(Cc1ccccc1)(N(O)C(=O)O)N(CC(C)C)S(=O)(=O)c1ccc(F)cc1. The van der Waals surface area contributed by atoms with Crippen LogP contribution in [0.1, 0.15) is 32.8 Å². The number of hydrogen-bond acceptors (Lipinski definition) is 4. The third-order valence-electron chi connectivity index (χ3n) is 4.87. The molecule has 1 atom stereocenters. The fourth-order valence-electron chi connectivity index (χ4n) is 3.38. The largest absolute Gasteiger partial charge is 0.463 e. The van der Waals surface area contributed by atoms with E-state index in [1.807, 2.05) is 0 Å². The average Bonchev–Trinajstić information content (AvgIpc) is 2.71. The van der Waals surface area contributed by atoms with Crippen LogP contribution in [0.15, 0.2) is 59.5 Å². The molecule has 0 aliphatic heterocycles. The Morgan fingerprint density at radius 2 is 1.67 bits per heavy atom. The molecule has 0 saturated carbocycles. The second-order valence-electron chi connectivity index (χ2n) is 7.48. The quantitative estimate of drug-likeness (QED) is 0.348. The predicted molar refractivity (Wildman–Crippen MR) is 110 cm³/mol. The Labute approximate surface area is 176 Å². The maximum Gasteiger partial charge on any atom is 0.433 e. The van der Waals surface area contributed by atoms with Gasteiger partial charge in [0.15, 0.2) is 0 Å². The summed E-state index contributed by atoms with van der Waals surface area (Å²) in [5.41, 5.74) is -1.15. The summed E-state index contributed by atoms with van der Waals surface area (Å²) in [7, 11) is -4.28. The summed E-state index contributed by atoms with van der Waals surface area (Å²) in [6.07, 6.45) is -1.76. The smallest absolute Gasteiger partial charge is 0.433 e. The normalized spacial score (nSPS) is 14.0. The van der Waals surface area contributed by atoms with Gasteiger partial charge in [0, 0.05) is 13.0 Å². The van der Waals surface area contributed by atoms with E-state index in [9.17, 15) is 27.9 Å². The van der Waals surface area contributed by atoms with Crippen LogP contribution in [-0.2, 0) is 16.4 Å². The molecule has 0 spiro atoms. The molecule has 9 heteroatoms. The van der Waals surface area contributed by atoms with E-state index in [-0.39, 0.29) is 35.3 Å². The summed E-state index contributed by atoms with van der Waals surface area (Å²) in [4.78, 5) is 11.6. The molecule has 0 bridgehead atoms. The minimum Gasteiger partial charge on any atom is -0.463 e. The Bertz CT molecular complexity index is 951. The van der Waals surface area contributed by atoms with Crippen LogP contribution in [-0.4, -0.2) is 46.4 Å². The number of nitrogens with zero attached hydrogens (tertiary/aromatic N) is 2. The molecule has 2 rings (SSSR count). The highest BCUT2D eigenvalue weighted by Crippen LogP contribution is 2.34. The molecule has 2 N–H and O–H groups in total. The van der Waals surface area contributed by atoms with E-state index in [0.717, 1.165) is 28.6 Å². The van der Waals surface area contributed by atoms with Gasteiger partial charge >= 0.3 is 6.09 Å². The molecule has 0 aromatic heterocycles. The van der Waals surface area contributed by atoms with Crippen LogP contribution < -0.4 is 0 Å². The summed E-state index contributed by atoms with van der Waals surface area (Å²) >= 11 is 0. The lowest BCUT2D eigenvalue weighted by atomic mass is 9.95. The maximum atomic E-state index is 13.6. The summed E-state index contributed by atoms with van der Waals surface area (Å²) in [6, 6.07) is 13.1. The van der Waals surface area contributed by atoms with Gasteiger partial charge in [-0.3, -0.25) is 5.21 Å². The molecule has 0 aliphatic rings. The number of rotatable bonds is 9. The second-order valence-corrected chi connectivity index (χ2v) is 9.34. The van der Waals surface area contributed by atoms with E-state index < -0.39 is 27.6 Å². The Morgan fingerprint density at radius 1 is 1.10 bits per heavy atom. The highest BCUT2D eigenvalue weighted by Gasteiger charge is 2.49. The van der Waals surface area contributed by atoms with Crippen LogP contribution in [0.25, 0.3) is 0 Å². The first-order chi connectivity index (χ1) is 14.0. The van der Waals surface area contributed by atoms with Crippen LogP contribution in [0.3, 0.4) is 0 Å². The van der Waals surface area contributed by atoms with Crippen LogP contribution in [0.2, 0.25) is 0 Å². The van der Waals surface area contributed by atoms with E-state index in [1.54, 1.807) is 51.1 Å². The molecular weight excluding hydrogens is 411 g/mol. The van der Waals surface area contributed by atoms with Gasteiger partial charge in [-0.1, -0.05) is 51.1 Å². The van der Waals surface area contributed by atoms with Gasteiger partial charge in [0.25, 0.3) is 0 Å². The van der Waals surface area contributed by atoms with Crippen LogP contribution >= 0.6 is 0 Å². The van der Waals surface area contributed by atoms with Gasteiger partial charge < -0.3 is 5.11 Å². The van der Waals surface area contributed by atoms with Crippen molar-refractivity contribution in [3.8, 4) is 0 Å². The highest BCUT2D eigenvalue weighted by atomic mass is 32.2. The molecular formula is C21H27FN2O5S. The Balaban J connectivity index is 2.71. The zero-order valence-electron chi connectivity index (χ0n) is 17.2. The first-order valence-corrected chi connectivity index (χ1v) is 11.0. The van der Waals surface area contributed by atoms with Crippen molar-refractivity contribution < 1.29 is 27.9 Å². The summed E-state index contributed by atoms with van der Waals surface area (Å²) in [5.74, 6) is -0.770. The van der Waals surface area contributed by atoms with Crippen molar-refractivity contribution in [1.82, 2.24) is 9.37 Å². The molecule has 7 nitrogen and oxygen atoms in total. The highest BCUT2D eigenvalue weighted by molar-refractivity contribution is 7.89. The fraction of sp³-hybridized carbons (Fsp3) is 0.381. The van der Waals surface area contributed by atoms with Crippen molar-refractivity contribution >= 4 is 16.1 Å². The zero-order chi connectivity index (χ0) is 22.5. The molecule has 164 valence electrons. The molecule has 2 aromatic carbocycles. The minimum absolute atomic E-state index is 0.0160. The monoisotopic (exact) mass is 438 g/mol. The molecule has 0 aliphatic carbocycles. The molecule has 0 fully saturated rings. The number of hydroxylamine groups is 2. The first-order valence-electron chi connectivity index (χ1n) is 9.59. The van der Waals surface area contributed by atoms with Crippen molar-refractivity contribution in [2.75, 3.05) is 6.54 Å². The van der Waals surface area contributed by atoms with Crippen molar-refractivity contribution in [1.29, 1.82) is 0 Å². The van der Waals surface area contributed by atoms with Gasteiger partial charge in [-0.2, -0.15) is 9.37 Å². The third kappa shape index (κ3) is 4.97. The number of carbonyl (C=O) groups is 1. The maximum absolute atomic E-state index is 13.6. The van der Waals surface area contributed by atoms with E-state index in [1.165, 1.54) is 0 Å². The molecule has 2 aromatic rings. The van der Waals surface area contributed by atoms with Gasteiger partial charge in [0.05, 0.1) is 4.90 Å². The number of carboxylic acid groups (broad SMARTS) is 1. The van der Waals surface area contributed by atoms with Crippen molar-refractivity contribution in [2.24, 2.45) is 5.92 Å². The number of hydrogen-bond donors (Lipinski definition) is 2. The minimum atomic E-state index is -4.28. The Kier molecular flexibility index (Phi) is 7.57. The third-order valence-corrected chi connectivity index (χ3v) is 6.81. The first kappa shape index (κ1) is 23.8. The van der Waals surface area contributed by atoms with E-state index in [0.29, 0.717) is 5.56 Å². The molecule has 0 heterocycles. The lowest BCUT2D eigenvalue weighted by molar-refractivity contribution is -0.183. The molecule has 30 heavy (non-hydrogen) atoms. The predicted octanol–water partition coefficient (Wildman–Crippen LogP) is 4.19. The lowest BCUT2D eigenvalue weighted by Crippen LogP contribution is -2.64. The zero-order valence-corrected chi connectivity index (χ0v) is 18.0. The Hall–Kier alpha value is -2.49. The van der Waals surface area contributed by atoms with Crippen LogP contribution in [0.5, 0.6) is 0 Å². The summed E-state index contributed by atoms with van der Waals surface area (Å²) < 4.78 is 41.5. The van der Waals surface area contributed by atoms with E-state index >= 15 is 0 Å². The standard InChI is InChI=1S/C21H27FN2O5S/c1-4-21(24(27)20(25)26,14-17-8-6-5-7-9-17)23(15-16(2)3)30(28,29)19-12-10-18(22)11-13-19/h5-13,16,27H,4,14-15H2,1-3H3,(H,25,26).